The molecule has 0 aromatic heterocycles. The van der Waals surface area contributed by atoms with Crippen molar-refractivity contribution in [1.82, 2.24) is 10.6 Å². The van der Waals surface area contributed by atoms with Crippen LogP contribution in [0.1, 0.15) is 26.7 Å². The molecule has 1 fully saturated rings. The summed E-state index contributed by atoms with van der Waals surface area (Å²) in [6, 6.07) is 9.62. The van der Waals surface area contributed by atoms with Gasteiger partial charge in [0.25, 0.3) is 0 Å². The lowest BCUT2D eigenvalue weighted by Gasteiger charge is -2.17. The highest BCUT2D eigenvalue weighted by Gasteiger charge is 2.43. The zero-order valence-corrected chi connectivity index (χ0v) is 15.7. The Hall–Kier alpha value is -1.24. The molecule has 5 nitrogen and oxygen atoms in total. The van der Waals surface area contributed by atoms with Crippen molar-refractivity contribution in [3.05, 3.63) is 30.3 Å². The van der Waals surface area contributed by atoms with Gasteiger partial charge in [-0.3, -0.25) is 9.59 Å². The highest BCUT2D eigenvalue weighted by molar-refractivity contribution is 8.01. The smallest absolute Gasteiger partial charge is 0.239 e. The fourth-order valence-corrected chi connectivity index (χ4v) is 3.35. The Morgan fingerprint density at radius 2 is 1.83 bits per heavy atom. The molecule has 134 valence electrons. The number of halogens is 1. The maximum Gasteiger partial charge on any atom is 0.239 e. The number of carbonyl (C=O) groups excluding carboxylic acids is 2. The Kier molecular flexibility index (Phi) is 8.06. The van der Waals surface area contributed by atoms with Crippen LogP contribution in [0.4, 0.5) is 0 Å². The third-order valence-electron chi connectivity index (χ3n) is 3.94. The molecule has 0 aliphatic heterocycles. The Morgan fingerprint density at radius 1 is 1.21 bits per heavy atom. The second-order valence-corrected chi connectivity index (χ2v) is 7.90. The molecule has 0 heterocycles. The topological polar surface area (TPSA) is 84.2 Å². The van der Waals surface area contributed by atoms with E-state index in [2.05, 4.69) is 22.8 Å². The molecule has 0 spiro atoms. The van der Waals surface area contributed by atoms with Gasteiger partial charge in [0.1, 0.15) is 0 Å². The summed E-state index contributed by atoms with van der Waals surface area (Å²) in [7, 11) is 0. The molecule has 2 rings (SSSR count). The number of hydrogen-bond donors (Lipinski definition) is 3. The Morgan fingerprint density at radius 3 is 2.38 bits per heavy atom. The summed E-state index contributed by atoms with van der Waals surface area (Å²) in [6.07, 6.45) is 2.19. The highest BCUT2D eigenvalue weighted by Crippen LogP contribution is 2.51. The lowest BCUT2D eigenvalue weighted by molar-refractivity contribution is -0.127. The van der Waals surface area contributed by atoms with Crippen LogP contribution >= 0.6 is 24.2 Å². The molecular formula is C17H26ClN3O2S. The van der Waals surface area contributed by atoms with Crippen LogP contribution in [0.2, 0.25) is 0 Å². The first-order chi connectivity index (χ1) is 10.9. The van der Waals surface area contributed by atoms with E-state index in [0.29, 0.717) is 6.54 Å². The van der Waals surface area contributed by atoms with Gasteiger partial charge in [-0.1, -0.05) is 32.0 Å². The van der Waals surface area contributed by atoms with Gasteiger partial charge in [0, 0.05) is 16.2 Å². The lowest BCUT2D eigenvalue weighted by atomic mass is 10.1. The Bertz CT molecular complexity index is 550. The Balaban J connectivity index is 0.00000288. The monoisotopic (exact) mass is 371 g/mol. The van der Waals surface area contributed by atoms with Crippen LogP contribution in [0.3, 0.4) is 0 Å². The molecule has 1 atom stereocenters. The van der Waals surface area contributed by atoms with Crippen LogP contribution in [-0.4, -0.2) is 35.7 Å². The number of nitrogens with two attached hydrogens (primary N) is 1. The van der Waals surface area contributed by atoms with Crippen LogP contribution in [0.15, 0.2) is 35.2 Å². The number of thioether (sulfide) groups is 1. The number of rotatable bonds is 8. The van der Waals surface area contributed by atoms with E-state index in [9.17, 15) is 9.59 Å². The van der Waals surface area contributed by atoms with Crippen molar-refractivity contribution in [3.8, 4) is 0 Å². The van der Waals surface area contributed by atoms with Crippen molar-refractivity contribution in [1.29, 1.82) is 0 Å². The third-order valence-corrected chi connectivity index (χ3v) is 5.43. The fourth-order valence-electron chi connectivity index (χ4n) is 2.10. The number of amides is 2. The minimum atomic E-state index is -0.578. The molecule has 0 radical (unpaired) electrons. The minimum absolute atomic E-state index is 0. The summed E-state index contributed by atoms with van der Waals surface area (Å²) in [6.45, 7) is 4.35. The average Bonchev–Trinajstić information content (AvgIpc) is 3.30. The number of nitrogens with one attached hydrogen (secondary N) is 2. The molecule has 1 aromatic carbocycles. The molecule has 0 bridgehead atoms. The van der Waals surface area contributed by atoms with Gasteiger partial charge in [0.05, 0.1) is 12.6 Å². The van der Waals surface area contributed by atoms with Crippen LogP contribution in [0.5, 0.6) is 0 Å². The van der Waals surface area contributed by atoms with Crippen molar-refractivity contribution in [2.75, 3.05) is 13.1 Å². The standard InChI is InChI=1S/C17H25N3O2S.ClH/c1-12(2)15(18)16(22)19-10-14(21)20-11-17(8-9-17)23-13-6-4-3-5-7-13;/h3-7,12,15H,8-11,18H2,1-2H3,(H,19,22)(H,20,21);1H/t15-;/m0./s1. The van der Waals surface area contributed by atoms with Gasteiger partial charge >= 0.3 is 0 Å². The number of hydrogen-bond acceptors (Lipinski definition) is 4. The van der Waals surface area contributed by atoms with Crippen LogP contribution in [0, 0.1) is 5.92 Å². The quantitative estimate of drug-likeness (QED) is 0.652. The molecule has 7 heteroatoms. The normalized spacial score (nSPS) is 16.0. The molecule has 1 saturated carbocycles. The summed E-state index contributed by atoms with van der Waals surface area (Å²) < 4.78 is 0.107. The van der Waals surface area contributed by atoms with Crippen LogP contribution in [0.25, 0.3) is 0 Å². The van der Waals surface area contributed by atoms with Crippen LogP contribution < -0.4 is 16.4 Å². The average molecular weight is 372 g/mol. The molecule has 4 N–H and O–H groups in total. The number of benzene rings is 1. The summed E-state index contributed by atoms with van der Waals surface area (Å²) >= 11 is 1.81. The van der Waals surface area contributed by atoms with Gasteiger partial charge < -0.3 is 16.4 Å². The molecule has 1 aliphatic rings. The molecule has 0 saturated heterocycles. The first kappa shape index (κ1) is 20.8. The molecule has 24 heavy (non-hydrogen) atoms. The zero-order valence-electron chi connectivity index (χ0n) is 14.1. The van der Waals surface area contributed by atoms with Crippen molar-refractivity contribution in [2.45, 2.75) is 42.4 Å². The first-order valence-electron chi connectivity index (χ1n) is 7.96. The summed E-state index contributed by atoms with van der Waals surface area (Å²) in [5, 5.41) is 5.50. The predicted molar refractivity (Wildman–Crippen MR) is 100 cm³/mol. The van der Waals surface area contributed by atoms with Gasteiger partial charge in [-0.05, 0) is 30.9 Å². The van der Waals surface area contributed by atoms with E-state index >= 15 is 0 Å². The maximum atomic E-state index is 11.9. The van der Waals surface area contributed by atoms with Gasteiger partial charge in [0.15, 0.2) is 0 Å². The van der Waals surface area contributed by atoms with E-state index in [0.717, 1.165) is 12.8 Å². The van der Waals surface area contributed by atoms with Gasteiger partial charge in [-0.25, -0.2) is 0 Å². The SMILES string of the molecule is CC(C)[C@H](N)C(=O)NCC(=O)NCC1(Sc2ccccc2)CC1.Cl. The van der Waals surface area contributed by atoms with Crippen molar-refractivity contribution < 1.29 is 9.59 Å². The van der Waals surface area contributed by atoms with Gasteiger partial charge in [0.2, 0.25) is 11.8 Å². The zero-order chi connectivity index (χ0) is 16.9. The first-order valence-corrected chi connectivity index (χ1v) is 8.78. The third kappa shape index (κ3) is 6.34. The van der Waals surface area contributed by atoms with Crippen molar-refractivity contribution in [3.63, 3.8) is 0 Å². The molecule has 1 aromatic rings. The summed E-state index contributed by atoms with van der Waals surface area (Å²) in [5.74, 6) is -0.403. The van der Waals surface area contributed by atoms with Crippen LogP contribution in [-0.2, 0) is 9.59 Å². The Labute approximate surface area is 153 Å². The van der Waals surface area contributed by atoms with E-state index in [1.54, 1.807) is 0 Å². The van der Waals surface area contributed by atoms with E-state index in [4.69, 9.17) is 5.73 Å². The molecule has 1 aliphatic carbocycles. The molecule has 0 unspecified atom stereocenters. The number of carbonyl (C=O) groups is 2. The summed E-state index contributed by atoms with van der Waals surface area (Å²) in [4.78, 5) is 24.8. The van der Waals surface area contributed by atoms with Gasteiger partial charge in [-0.15, -0.1) is 24.2 Å². The maximum absolute atomic E-state index is 11.9. The minimum Gasteiger partial charge on any atom is -0.353 e. The van der Waals surface area contributed by atoms with E-state index < -0.39 is 6.04 Å². The predicted octanol–water partition coefficient (Wildman–Crippen LogP) is 1.95. The lowest BCUT2D eigenvalue weighted by Crippen LogP contribution is -2.47. The molecular weight excluding hydrogens is 346 g/mol. The fraction of sp³-hybridized carbons (Fsp3) is 0.529. The largest absolute Gasteiger partial charge is 0.353 e. The van der Waals surface area contributed by atoms with E-state index in [1.165, 1.54) is 4.90 Å². The van der Waals surface area contributed by atoms with E-state index in [-0.39, 0.29) is 41.4 Å². The highest BCUT2D eigenvalue weighted by atomic mass is 35.5. The van der Waals surface area contributed by atoms with Crippen molar-refractivity contribution >= 4 is 36.0 Å². The molecule has 2 amide bonds. The summed E-state index contributed by atoms with van der Waals surface area (Å²) in [5.41, 5.74) is 5.74. The van der Waals surface area contributed by atoms with Crippen molar-refractivity contribution in [2.24, 2.45) is 11.7 Å². The van der Waals surface area contributed by atoms with Gasteiger partial charge in [-0.2, -0.15) is 0 Å². The second kappa shape index (κ2) is 9.30. The van der Waals surface area contributed by atoms with E-state index in [1.807, 2.05) is 43.8 Å². The second-order valence-electron chi connectivity index (χ2n) is 6.36.